The molecule has 0 aliphatic carbocycles. The summed E-state index contributed by atoms with van der Waals surface area (Å²) in [5.41, 5.74) is 9.81. The summed E-state index contributed by atoms with van der Waals surface area (Å²) in [5.74, 6) is -1.64. The van der Waals surface area contributed by atoms with E-state index in [-0.39, 0.29) is 12.8 Å². The zero-order valence-corrected chi connectivity index (χ0v) is 7.41. The van der Waals surface area contributed by atoms with E-state index in [0.717, 1.165) is 0 Å². The van der Waals surface area contributed by atoms with Crippen LogP contribution >= 0.6 is 0 Å². The van der Waals surface area contributed by atoms with E-state index >= 15 is 0 Å². The van der Waals surface area contributed by atoms with Crippen molar-refractivity contribution in [3.63, 3.8) is 0 Å². The summed E-state index contributed by atoms with van der Waals surface area (Å²) in [7, 11) is 0. The average molecular weight is 176 g/mol. The normalized spacial score (nSPS) is 10.9. The molecular formula is C7H16N2O3. The van der Waals surface area contributed by atoms with Gasteiger partial charge in [-0.3, -0.25) is 9.59 Å². The van der Waals surface area contributed by atoms with Gasteiger partial charge in [-0.15, -0.1) is 0 Å². The monoisotopic (exact) mass is 176 g/mol. The molecule has 0 bridgehead atoms. The molecule has 0 aliphatic rings. The third-order valence-corrected chi connectivity index (χ3v) is 1.02. The molecule has 0 aliphatic heterocycles. The molecule has 1 atom stereocenters. The fourth-order valence-electron chi connectivity index (χ4n) is 0.421. The third kappa shape index (κ3) is 8.90. The highest BCUT2D eigenvalue weighted by molar-refractivity contribution is 5.76. The molecule has 0 saturated carbocycles. The average Bonchev–Trinajstić information content (AvgIpc) is 2.03. The van der Waals surface area contributed by atoms with Crippen molar-refractivity contribution >= 4 is 11.9 Å². The molecule has 0 radical (unpaired) electrons. The highest BCUT2D eigenvalue weighted by Crippen LogP contribution is 1.92. The van der Waals surface area contributed by atoms with Crippen molar-refractivity contribution in [2.24, 2.45) is 11.5 Å². The molecule has 12 heavy (non-hydrogen) atoms. The van der Waals surface area contributed by atoms with Gasteiger partial charge in [0.2, 0.25) is 5.91 Å². The quantitative estimate of drug-likeness (QED) is 0.546. The van der Waals surface area contributed by atoms with Crippen molar-refractivity contribution in [1.82, 2.24) is 0 Å². The van der Waals surface area contributed by atoms with Gasteiger partial charge in [-0.25, -0.2) is 0 Å². The lowest BCUT2D eigenvalue weighted by atomic mass is 10.2. The molecule has 0 unspecified atom stereocenters. The van der Waals surface area contributed by atoms with Crippen LogP contribution in [-0.2, 0) is 9.59 Å². The van der Waals surface area contributed by atoms with E-state index in [4.69, 9.17) is 16.6 Å². The van der Waals surface area contributed by atoms with Gasteiger partial charge in [-0.05, 0) is 6.42 Å². The number of carboxylic acids is 1. The largest absolute Gasteiger partial charge is 0.480 e. The molecule has 0 aromatic carbocycles. The van der Waals surface area contributed by atoms with Gasteiger partial charge >= 0.3 is 5.97 Å². The van der Waals surface area contributed by atoms with Crippen LogP contribution in [0, 0.1) is 0 Å². The number of amides is 1. The van der Waals surface area contributed by atoms with E-state index < -0.39 is 17.9 Å². The van der Waals surface area contributed by atoms with Crippen LogP contribution in [-0.4, -0.2) is 23.0 Å². The van der Waals surface area contributed by atoms with Crippen LogP contribution in [0.15, 0.2) is 0 Å². The topological polar surface area (TPSA) is 106 Å². The predicted molar refractivity (Wildman–Crippen MR) is 45.4 cm³/mol. The molecular weight excluding hydrogens is 160 g/mol. The molecule has 0 saturated heterocycles. The lowest BCUT2D eigenvalue weighted by Crippen LogP contribution is -2.31. The van der Waals surface area contributed by atoms with Gasteiger partial charge in [0, 0.05) is 6.42 Å². The molecule has 5 nitrogen and oxygen atoms in total. The molecule has 0 spiro atoms. The van der Waals surface area contributed by atoms with E-state index in [1.807, 2.05) is 13.8 Å². The number of hydrogen-bond acceptors (Lipinski definition) is 3. The molecule has 0 rings (SSSR count). The van der Waals surface area contributed by atoms with Gasteiger partial charge in [0.15, 0.2) is 0 Å². The lowest BCUT2D eigenvalue weighted by molar-refractivity contribution is -0.138. The highest BCUT2D eigenvalue weighted by Gasteiger charge is 2.11. The van der Waals surface area contributed by atoms with Gasteiger partial charge in [0.25, 0.3) is 0 Å². The molecule has 5 N–H and O–H groups in total. The maximum Gasteiger partial charge on any atom is 0.320 e. The van der Waals surface area contributed by atoms with Crippen LogP contribution in [0.4, 0.5) is 0 Å². The van der Waals surface area contributed by atoms with Crippen molar-refractivity contribution in [2.45, 2.75) is 32.7 Å². The first kappa shape index (κ1) is 13.5. The van der Waals surface area contributed by atoms with Gasteiger partial charge < -0.3 is 16.6 Å². The van der Waals surface area contributed by atoms with Crippen molar-refractivity contribution in [3.05, 3.63) is 0 Å². The SMILES string of the molecule is CC.NC(=O)CC[C@H](N)C(=O)O. The number of carbonyl (C=O) groups is 2. The number of hydrogen-bond donors (Lipinski definition) is 3. The van der Waals surface area contributed by atoms with Crippen LogP contribution in [0.25, 0.3) is 0 Å². The Morgan fingerprint density at radius 1 is 1.42 bits per heavy atom. The van der Waals surface area contributed by atoms with Gasteiger partial charge in [-0.2, -0.15) is 0 Å². The first-order valence-electron chi connectivity index (χ1n) is 3.80. The third-order valence-electron chi connectivity index (χ3n) is 1.02. The Balaban J connectivity index is 0. The van der Waals surface area contributed by atoms with E-state index in [1.165, 1.54) is 0 Å². The van der Waals surface area contributed by atoms with Crippen molar-refractivity contribution in [3.8, 4) is 0 Å². The first-order chi connectivity index (χ1) is 5.54. The lowest BCUT2D eigenvalue weighted by Gasteiger charge is -2.01. The number of nitrogens with two attached hydrogens (primary N) is 2. The van der Waals surface area contributed by atoms with Crippen molar-refractivity contribution in [1.29, 1.82) is 0 Å². The van der Waals surface area contributed by atoms with E-state index in [0.29, 0.717) is 0 Å². The second kappa shape index (κ2) is 8.00. The van der Waals surface area contributed by atoms with Crippen LogP contribution in [0.5, 0.6) is 0 Å². The second-order valence-electron chi connectivity index (χ2n) is 1.95. The Kier molecular flexibility index (Phi) is 8.99. The van der Waals surface area contributed by atoms with E-state index in [1.54, 1.807) is 0 Å². The van der Waals surface area contributed by atoms with Crippen LogP contribution < -0.4 is 11.5 Å². The summed E-state index contributed by atoms with van der Waals surface area (Å²) < 4.78 is 0. The number of aliphatic carboxylic acids is 1. The number of primary amides is 1. The van der Waals surface area contributed by atoms with Crippen LogP contribution in [0.1, 0.15) is 26.7 Å². The number of rotatable bonds is 4. The Labute approximate surface area is 71.7 Å². The summed E-state index contributed by atoms with van der Waals surface area (Å²) in [4.78, 5) is 20.1. The standard InChI is InChI=1S/C5H10N2O3.C2H6/c6-3(5(9)10)1-2-4(7)8;1-2/h3H,1-2,6H2,(H2,7,8)(H,9,10);1-2H3/t3-;/m0./s1. The van der Waals surface area contributed by atoms with Gasteiger partial charge in [-0.1, -0.05) is 13.8 Å². The Morgan fingerprint density at radius 2 is 1.83 bits per heavy atom. The molecule has 0 heterocycles. The minimum atomic E-state index is -1.11. The fraction of sp³-hybridized carbons (Fsp3) is 0.714. The number of carbonyl (C=O) groups excluding carboxylic acids is 1. The Hall–Kier alpha value is -1.10. The highest BCUT2D eigenvalue weighted by atomic mass is 16.4. The fourth-order valence-corrected chi connectivity index (χ4v) is 0.421. The first-order valence-corrected chi connectivity index (χ1v) is 3.80. The molecule has 5 heteroatoms. The summed E-state index contributed by atoms with van der Waals surface area (Å²) in [6.45, 7) is 4.00. The number of carboxylic acid groups (broad SMARTS) is 1. The maximum absolute atomic E-state index is 10.1. The zero-order chi connectivity index (χ0) is 10.1. The minimum Gasteiger partial charge on any atom is -0.480 e. The Bertz CT molecular complexity index is 148. The summed E-state index contributed by atoms with van der Waals surface area (Å²) in [6.07, 6.45) is 0.123. The smallest absolute Gasteiger partial charge is 0.320 e. The summed E-state index contributed by atoms with van der Waals surface area (Å²) >= 11 is 0. The van der Waals surface area contributed by atoms with Gasteiger partial charge in [0.1, 0.15) is 6.04 Å². The maximum atomic E-state index is 10.1. The molecule has 72 valence electrons. The van der Waals surface area contributed by atoms with Crippen molar-refractivity contribution < 1.29 is 14.7 Å². The van der Waals surface area contributed by atoms with E-state index in [9.17, 15) is 9.59 Å². The molecule has 0 aromatic rings. The van der Waals surface area contributed by atoms with Crippen LogP contribution in [0.3, 0.4) is 0 Å². The van der Waals surface area contributed by atoms with Crippen molar-refractivity contribution in [2.75, 3.05) is 0 Å². The molecule has 0 aromatic heterocycles. The Morgan fingerprint density at radius 3 is 2.08 bits per heavy atom. The summed E-state index contributed by atoms with van der Waals surface area (Å²) in [5, 5.41) is 8.22. The minimum absolute atomic E-state index is 0.0213. The summed E-state index contributed by atoms with van der Waals surface area (Å²) in [6, 6.07) is -0.979. The van der Waals surface area contributed by atoms with E-state index in [2.05, 4.69) is 0 Å². The molecule has 1 amide bonds. The van der Waals surface area contributed by atoms with Crippen LogP contribution in [0.2, 0.25) is 0 Å². The zero-order valence-electron chi connectivity index (χ0n) is 7.41. The molecule has 0 fully saturated rings. The predicted octanol–water partition coefficient (Wildman–Crippen LogP) is -0.310. The second-order valence-corrected chi connectivity index (χ2v) is 1.95. The van der Waals surface area contributed by atoms with Gasteiger partial charge in [0.05, 0.1) is 0 Å².